The van der Waals surface area contributed by atoms with Crippen LogP contribution in [0.5, 0.6) is 5.75 Å². The molecule has 0 aliphatic rings. The van der Waals surface area contributed by atoms with Crippen LogP contribution < -0.4 is 4.74 Å². The van der Waals surface area contributed by atoms with E-state index < -0.39 is 15.0 Å². The van der Waals surface area contributed by atoms with E-state index in [1.54, 1.807) is 0 Å². The Bertz CT molecular complexity index is 571. The zero-order chi connectivity index (χ0) is 15.2. The van der Waals surface area contributed by atoms with Crippen LogP contribution in [0.25, 0.3) is 0 Å². The Morgan fingerprint density at radius 2 is 1.95 bits per heavy atom. The summed E-state index contributed by atoms with van der Waals surface area (Å²) in [5, 5.41) is 8.72. The summed E-state index contributed by atoms with van der Waals surface area (Å²) in [6, 6.07) is 4.17. The second kappa shape index (κ2) is 7.71. The minimum atomic E-state index is -3.93. The summed E-state index contributed by atoms with van der Waals surface area (Å²) in [6.45, 7) is 0.278. The van der Waals surface area contributed by atoms with Crippen molar-refractivity contribution < 1.29 is 23.1 Å². The summed E-state index contributed by atoms with van der Waals surface area (Å²) in [4.78, 5) is 10.1. The van der Waals surface area contributed by atoms with Gasteiger partial charge < -0.3 is 9.84 Å². The third-order valence-electron chi connectivity index (χ3n) is 2.46. The molecular weight excluding hydrogens is 327 g/mol. The molecule has 112 valence electrons. The van der Waals surface area contributed by atoms with Gasteiger partial charge in [-0.05, 0) is 37.5 Å². The van der Waals surface area contributed by atoms with E-state index in [0.29, 0.717) is 19.3 Å². The minimum Gasteiger partial charge on any atom is -0.492 e. The van der Waals surface area contributed by atoms with E-state index >= 15 is 0 Å². The number of carboxylic acids is 1. The van der Waals surface area contributed by atoms with E-state index in [0.717, 1.165) is 0 Å². The van der Waals surface area contributed by atoms with Crippen molar-refractivity contribution in [3.8, 4) is 5.75 Å². The number of hydrogen-bond donors (Lipinski definition) is 1. The van der Waals surface area contributed by atoms with Crippen molar-refractivity contribution in [2.75, 3.05) is 6.61 Å². The lowest BCUT2D eigenvalue weighted by Gasteiger charge is -2.09. The second-order valence-electron chi connectivity index (χ2n) is 4.08. The van der Waals surface area contributed by atoms with E-state index in [1.165, 1.54) is 18.2 Å². The van der Waals surface area contributed by atoms with Gasteiger partial charge in [0.25, 0.3) is 9.05 Å². The predicted molar refractivity (Wildman–Crippen MR) is 76.1 cm³/mol. The Kier molecular flexibility index (Phi) is 6.58. The van der Waals surface area contributed by atoms with Gasteiger partial charge in [-0.25, -0.2) is 8.42 Å². The molecule has 8 heteroatoms. The van der Waals surface area contributed by atoms with Crippen molar-refractivity contribution in [1.82, 2.24) is 0 Å². The van der Waals surface area contributed by atoms with Gasteiger partial charge in [-0.15, -0.1) is 0 Å². The molecule has 0 spiro atoms. The first-order valence-corrected chi connectivity index (χ1v) is 8.58. The number of carbonyl (C=O) groups is 1. The average Bonchev–Trinajstić information content (AvgIpc) is 2.33. The third-order valence-corrected chi connectivity index (χ3v) is 4.04. The number of rotatable bonds is 8. The number of unbranched alkanes of at least 4 members (excludes halogenated alkanes) is 2. The van der Waals surface area contributed by atoms with Crippen molar-refractivity contribution >= 4 is 37.3 Å². The second-order valence-corrected chi connectivity index (χ2v) is 7.05. The molecule has 1 aromatic carbocycles. The molecule has 0 aliphatic carbocycles. The highest BCUT2D eigenvalue weighted by atomic mass is 35.7. The molecule has 0 saturated carbocycles. The molecule has 20 heavy (non-hydrogen) atoms. The Balaban J connectivity index is 2.54. The lowest BCUT2D eigenvalue weighted by Crippen LogP contribution is -2.02. The third kappa shape index (κ3) is 5.98. The quantitative estimate of drug-likeness (QED) is 0.580. The van der Waals surface area contributed by atoms with Crippen LogP contribution in [-0.4, -0.2) is 26.1 Å². The largest absolute Gasteiger partial charge is 0.492 e. The van der Waals surface area contributed by atoms with Gasteiger partial charge >= 0.3 is 5.97 Å². The standard InChI is InChI=1S/C12H14Cl2O5S/c13-9-5-6-10(11(8-9)20(14,17)18)19-7-3-1-2-4-12(15)16/h5-6,8H,1-4,7H2,(H,15,16). The molecule has 0 radical (unpaired) electrons. The highest BCUT2D eigenvalue weighted by Crippen LogP contribution is 2.30. The van der Waals surface area contributed by atoms with E-state index in [1.807, 2.05) is 0 Å². The van der Waals surface area contributed by atoms with Gasteiger partial charge in [-0.3, -0.25) is 4.79 Å². The summed E-state index contributed by atoms with van der Waals surface area (Å²) < 4.78 is 28.1. The lowest BCUT2D eigenvalue weighted by atomic mass is 10.2. The number of hydrogen-bond acceptors (Lipinski definition) is 4. The molecule has 0 atom stereocenters. The fourth-order valence-electron chi connectivity index (χ4n) is 1.53. The van der Waals surface area contributed by atoms with E-state index in [2.05, 4.69) is 0 Å². The van der Waals surface area contributed by atoms with E-state index in [9.17, 15) is 13.2 Å². The average molecular weight is 341 g/mol. The molecular formula is C12H14Cl2O5S. The molecule has 0 bridgehead atoms. The van der Waals surface area contributed by atoms with Crippen LogP contribution >= 0.6 is 22.3 Å². The normalized spacial score (nSPS) is 11.3. The number of aliphatic carboxylic acids is 1. The highest BCUT2D eigenvalue weighted by molar-refractivity contribution is 8.13. The van der Waals surface area contributed by atoms with Crippen LogP contribution in [0.2, 0.25) is 5.02 Å². The number of ether oxygens (including phenoxy) is 1. The monoisotopic (exact) mass is 340 g/mol. The smallest absolute Gasteiger partial charge is 0.303 e. The molecule has 0 aromatic heterocycles. The van der Waals surface area contributed by atoms with Crippen LogP contribution in [0.15, 0.2) is 23.1 Å². The fraction of sp³-hybridized carbons (Fsp3) is 0.417. The van der Waals surface area contributed by atoms with Gasteiger partial charge in [0.2, 0.25) is 0 Å². The van der Waals surface area contributed by atoms with Crippen LogP contribution in [0, 0.1) is 0 Å². The van der Waals surface area contributed by atoms with Gasteiger partial charge in [0.05, 0.1) is 6.61 Å². The molecule has 5 nitrogen and oxygen atoms in total. The van der Waals surface area contributed by atoms with Gasteiger partial charge in [0.15, 0.2) is 0 Å². The predicted octanol–water partition coefficient (Wildman–Crippen LogP) is 3.29. The molecule has 0 saturated heterocycles. The number of benzene rings is 1. The van der Waals surface area contributed by atoms with Gasteiger partial charge in [0.1, 0.15) is 10.6 Å². The first kappa shape index (κ1) is 17.1. The highest BCUT2D eigenvalue weighted by Gasteiger charge is 2.17. The Morgan fingerprint density at radius 1 is 1.25 bits per heavy atom. The summed E-state index contributed by atoms with van der Waals surface area (Å²) in [7, 11) is 1.37. The summed E-state index contributed by atoms with van der Waals surface area (Å²) in [5.41, 5.74) is 0. The van der Waals surface area contributed by atoms with Crippen molar-refractivity contribution in [3.63, 3.8) is 0 Å². The van der Waals surface area contributed by atoms with Gasteiger partial charge in [-0.1, -0.05) is 11.6 Å². The Labute approximate surface area is 126 Å². The molecule has 1 rings (SSSR count). The van der Waals surface area contributed by atoms with Crippen LogP contribution in [0.1, 0.15) is 25.7 Å². The van der Waals surface area contributed by atoms with Gasteiger partial charge in [0, 0.05) is 22.1 Å². The maximum atomic E-state index is 11.4. The molecule has 1 N–H and O–H groups in total. The minimum absolute atomic E-state index is 0.113. The zero-order valence-corrected chi connectivity index (χ0v) is 12.8. The summed E-state index contributed by atoms with van der Waals surface area (Å²) in [6.07, 6.45) is 1.97. The molecule has 1 aromatic rings. The van der Waals surface area contributed by atoms with Crippen LogP contribution in [-0.2, 0) is 13.8 Å². The number of halogens is 2. The maximum absolute atomic E-state index is 11.4. The van der Waals surface area contributed by atoms with E-state index in [-0.39, 0.29) is 28.7 Å². The van der Waals surface area contributed by atoms with E-state index in [4.69, 9.17) is 32.1 Å². The molecule has 0 amide bonds. The van der Waals surface area contributed by atoms with Crippen molar-refractivity contribution in [2.24, 2.45) is 0 Å². The van der Waals surface area contributed by atoms with Crippen molar-refractivity contribution in [3.05, 3.63) is 23.2 Å². The maximum Gasteiger partial charge on any atom is 0.303 e. The Morgan fingerprint density at radius 3 is 2.55 bits per heavy atom. The fourth-order valence-corrected chi connectivity index (χ4v) is 2.76. The Hall–Kier alpha value is -0.980. The molecule has 0 unspecified atom stereocenters. The SMILES string of the molecule is O=C(O)CCCCCOc1ccc(Cl)cc1S(=O)(=O)Cl. The first-order valence-electron chi connectivity index (χ1n) is 5.89. The summed E-state index contributed by atoms with van der Waals surface area (Å²) >= 11 is 5.72. The zero-order valence-electron chi connectivity index (χ0n) is 10.5. The summed E-state index contributed by atoms with van der Waals surface area (Å²) in [5.74, 6) is -0.693. The van der Waals surface area contributed by atoms with Crippen molar-refractivity contribution in [2.45, 2.75) is 30.6 Å². The molecule has 0 heterocycles. The molecule has 0 fully saturated rings. The van der Waals surface area contributed by atoms with Crippen LogP contribution in [0.3, 0.4) is 0 Å². The first-order chi connectivity index (χ1) is 9.30. The topological polar surface area (TPSA) is 80.7 Å². The molecule has 0 aliphatic heterocycles. The van der Waals surface area contributed by atoms with Crippen LogP contribution in [0.4, 0.5) is 0 Å². The van der Waals surface area contributed by atoms with Gasteiger partial charge in [-0.2, -0.15) is 0 Å². The number of carboxylic acid groups (broad SMARTS) is 1. The lowest BCUT2D eigenvalue weighted by molar-refractivity contribution is -0.137. The van der Waals surface area contributed by atoms with Crippen molar-refractivity contribution in [1.29, 1.82) is 0 Å².